The molecule has 1 rings (SSSR count). The summed E-state index contributed by atoms with van der Waals surface area (Å²) in [7, 11) is -4.19. The molecule has 0 radical (unpaired) electrons. The summed E-state index contributed by atoms with van der Waals surface area (Å²) < 4.78 is 22.9. The highest BCUT2D eigenvalue weighted by atomic mass is 28.4. The summed E-state index contributed by atoms with van der Waals surface area (Å²) in [4.78, 5) is 24.2. The van der Waals surface area contributed by atoms with Crippen LogP contribution in [0.5, 0.6) is 0 Å². The normalized spacial score (nSPS) is 18.4. The van der Waals surface area contributed by atoms with Gasteiger partial charge in [-0.3, -0.25) is 4.79 Å². The highest BCUT2D eigenvalue weighted by molar-refractivity contribution is 6.70. The number of hydrogen-bond donors (Lipinski definition) is 1. The zero-order valence-electron chi connectivity index (χ0n) is 19.7. The second-order valence-corrected chi connectivity index (χ2v) is 18.6. The van der Waals surface area contributed by atoms with Crippen molar-refractivity contribution in [3.8, 4) is 0 Å². The van der Waals surface area contributed by atoms with Crippen LogP contribution in [0.3, 0.4) is 0 Å². The van der Waals surface area contributed by atoms with Crippen molar-refractivity contribution in [2.75, 3.05) is 6.61 Å². The first-order valence-corrected chi connectivity index (χ1v) is 17.8. The number of esters is 2. The molecular weight excluding hydrogens is 420 g/mol. The van der Waals surface area contributed by atoms with Crippen molar-refractivity contribution < 1.29 is 33.0 Å². The van der Waals surface area contributed by atoms with Gasteiger partial charge in [-0.05, 0) is 45.7 Å². The van der Waals surface area contributed by atoms with E-state index in [1.54, 1.807) is 0 Å². The standard InChI is InChI=1S/C21H40O7Si2/c1-8-9-10-11-12-13-14-17(22)25-15-16(27-29(2,3)4)19-20(28-30(5,6)7)18(23)21(24)26-19/h16,19,23H,8-15H2,1-7H3. The Bertz CT molecular complexity index is 605. The molecule has 7 nitrogen and oxygen atoms in total. The first-order chi connectivity index (χ1) is 13.8. The molecule has 0 aromatic heterocycles. The molecule has 174 valence electrons. The zero-order chi connectivity index (χ0) is 22.9. The van der Waals surface area contributed by atoms with Crippen LogP contribution in [0, 0.1) is 0 Å². The number of hydrogen-bond acceptors (Lipinski definition) is 7. The number of carbonyl (C=O) groups excluding carboxylic acids is 2. The van der Waals surface area contributed by atoms with Gasteiger partial charge in [0.2, 0.25) is 14.1 Å². The Morgan fingerprint density at radius 1 is 1.03 bits per heavy atom. The van der Waals surface area contributed by atoms with E-state index in [2.05, 4.69) is 6.92 Å². The van der Waals surface area contributed by atoms with E-state index in [4.69, 9.17) is 18.3 Å². The fourth-order valence-electron chi connectivity index (χ4n) is 3.08. The molecule has 0 saturated carbocycles. The van der Waals surface area contributed by atoms with Gasteiger partial charge in [-0.2, -0.15) is 0 Å². The van der Waals surface area contributed by atoms with Gasteiger partial charge in [0.1, 0.15) is 12.7 Å². The van der Waals surface area contributed by atoms with Gasteiger partial charge in [0, 0.05) is 6.42 Å². The highest BCUT2D eigenvalue weighted by Crippen LogP contribution is 2.30. The van der Waals surface area contributed by atoms with E-state index >= 15 is 0 Å². The molecule has 0 amide bonds. The van der Waals surface area contributed by atoms with Crippen molar-refractivity contribution in [1.29, 1.82) is 0 Å². The Labute approximate surface area is 183 Å². The molecule has 2 atom stereocenters. The third-order valence-electron chi connectivity index (χ3n) is 4.32. The van der Waals surface area contributed by atoms with Crippen molar-refractivity contribution in [2.24, 2.45) is 0 Å². The highest BCUT2D eigenvalue weighted by Gasteiger charge is 2.45. The van der Waals surface area contributed by atoms with E-state index < -0.39 is 40.6 Å². The molecule has 1 aliphatic heterocycles. The van der Waals surface area contributed by atoms with Crippen LogP contribution in [0.1, 0.15) is 51.9 Å². The zero-order valence-corrected chi connectivity index (χ0v) is 21.7. The molecule has 9 heteroatoms. The number of aliphatic hydroxyl groups excluding tert-OH is 1. The first-order valence-electron chi connectivity index (χ1n) is 11.0. The van der Waals surface area contributed by atoms with E-state index in [0.717, 1.165) is 19.3 Å². The molecular formula is C21H40O7Si2. The molecule has 30 heavy (non-hydrogen) atoms. The maximum absolute atomic E-state index is 12.2. The predicted octanol–water partition coefficient (Wildman–Crippen LogP) is 5.05. The smallest absolute Gasteiger partial charge is 0.377 e. The monoisotopic (exact) mass is 460 g/mol. The number of cyclic esters (lactones) is 1. The largest absolute Gasteiger partial charge is 0.542 e. The van der Waals surface area contributed by atoms with E-state index in [1.807, 2.05) is 39.3 Å². The summed E-state index contributed by atoms with van der Waals surface area (Å²) in [5, 5.41) is 10.2. The van der Waals surface area contributed by atoms with Crippen molar-refractivity contribution in [3.05, 3.63) is 11.5 Å². The second kappa shape index (κ2) is 11.9. The van der Waals surface area contributed by atoms with Gasteiger partial charge in [0.15, 0.2) is 20.2 Å². The van der Waals surface area contributed by atoms with Gasteiger partial charge in [-0.15, -0.1) is 0 Å². The fraction of sp³-hybridized carbons (Fsp3) is 0.810. The Kier molecular flexibility index (Phi) is 10.6. The summed E-state index contributed by atoms with van der Waals surface area (Å²) >= 11 is 0. The third-order valence-corrected chi connectivity index (χ3v) is 6.16. The Balaban J connectivity index is 2.73. The van der Waals surface area contributed by atoms with Crippen LogP contribution in [-0.2, 0) is 27.9 Å². The van der Waals surface area contributed by atoms with Gasteiger partial charge >= 0.3 is 11.9 Å². The summed E-state index contributed by atoms with van der Waals surface area (Å²) in [6, 6.07) is 0. The lowest BCUT2D eigenvalue weighted by Gasteiger charge is -2.32. The first kappa shape index (κ1) is 26.7. The lowest BCUT2D eigenvalue weighted by Crippen LogP contribution is -2.44. The number of unbranched alkanes of at least 4 members (excludes halogenated alkanes) is 5. The number of aliphatic hydroxyl groups is 1. The minimum Gasteiger partial charge on any atom is -0.542 e. The third kappa shape index (κ3) is 10.1. The molecule has 0 spiro atoms. The molecule has 0 aromatic carbocycles. The van der Waals surface area contributed by atoms with E-state index in [-0.39, 0.29) is 18.3 Å². The molecule has 2 unspecified atom stereocenters. The molecule has 1 N–H and O–H groups in total. The van der Waals surface area contributed by atoms with Gasteiger partial charge in [-0.25, -0.2) is 4.79 Å². The van der Waals surface area contributed by atoms with E-state index in [0.29, 0.717) is 6.42 Å². The topological polar surface area (TPSA) is 91.3 Å². The van der Waals surface area contributed by atoms with Crippen molar-refractivity contribution in [3.63, 3.8) is 0 Å². The minimum atomic E-state index is -2.12. The molecule has 1 heterocycles. The minimum absolute atomic E-state index is 0.0529. The molecule has 0 fully saturated rings. The summed E-state index contributed by atoms with van der Waals surface area (Å²) in [6.07, 6.45) is 5.27. The summed E-state index contributed by atoms with van der Waals surface area (Å²) in [5.74, 6) is -1.56. The van der Waals surface area contributed by atoms with Crippen molar-refractivity contribution in [2.45, 2.75) is 103 Å². The Morgan fingerprint density at radius 3 is 2.20 bits per heavy atom. The number of carbonyl (C=O) groups is 2. The number of rotatable bonds is 14. The predicted molar refractivity (Wildman–Crippen MR) is 121 cm³/mol. The average molecular weight is 461 g/mol. The van der Waals surface area contributed by atoms with Gasteiger partial charge < -0.3 is 23.4 Å². The van der Waals surface area contributed by atoms with Gasteiger partial charge in [0.05, 0.1) is 0 Å². The Hall–Kier alpha value is -1.33. The molecule has 0 saturated heterocycles. The van der Waals surface area contributed by atoms with Crippen LogP contribution in [-0.4, -0.2) is 52.5 Å². The van der Waals surface area contributed by atoms with Crippen LogP contribution in [0.4, 0.5) is 0 Å². The second-order valence-electron chi connectivity index (χ2n) is 9.72. The maximum atomic E-state index is 12.2. The van der Waals surface area contributed by atoms with E-state index in [1.165, 1.54) is 19.3 Å². The van der Waals surface area contributed by atoms with Crippen LogP contribution in [0.15, 0.2) is 11.5 Å². The SMILES string of the molecule is CCCCCCCCC(=O)OCC(O[Si](C)(C)C)C1OC(=O)C(O)=C1O[Si](C)(C)C. The molecule has 0 bridgehead atoms. The van der Waals surface area contributed by atoms with E-state index in [9.17, 15) is 14.7 Å². The van der Waals surface area contributed by atoms with Gasteiger partial charge in [0.25, 0.3) is 0 Å². The molecule has 1 aliphatic rings. The average Bonchev–Trinajstić information content (AvgIpc) is 2.87. The molecule has 0 aromatic rings. The van der Waals surface area contributed by atoms with Crippen LogP contribution < -0.4 is 0 Å². The lowest BCUT2D eigenvalue weighted by atomic mass is 10.1. The molecule has 0 aliphatic carbocycles. The van der Waals surface area contributed by atoms with Gasteiger partial charge in [-0.1, -0.05) is 39.0 Å². The fourth-order valence-corrected chi connectivity index (χ4v) is 5.05. The lowest BCUT2D eigenvalue weighted by molar-refractivity contribution is -0.153. The van der Waals surface area contributed by atoms with Crippen molar-refractivity contribution >= 4 is 28.6 Å². The quantitative estimate of drug-likeness (QED) is 0.220. The number of ether oxygens (including phenoxy) is 2. The van der Waals surface area contributed by atoms with Crippen LogP contribution >= 0.6 is 0 Å². The van der Waals surface area contributed by atoms with Crippen molar-refractivity contribution in [1.82, 2.24) is 0 Å². The van der Waals surface area contributed by atoms with Crippen LogP contribution in [0.25, 0.3) is 0 Å². The summed E-state index contributed by atoms with van der Waals surface area (Å²) in [6.45, 7) is 14.0. The van der Waals surface area contributed by atoms with Crippen LogP contribution in [0.2, 0.25) is 39.3 Å². The maximum Gasteiger partial charge on any atom is 0.377 e. The Morgan fingerprint density at radius 2 is 1.63 bits per heavy atom. The summed E-state index contributed by atoms with van der Waals surface area (Å²) in [5.41, 5.74) is 0.